The second-order valence-corrected chi connectivity index (χ2v) is 5.90. The first-order valence-electron chi connectivity index (χ1n) is 6.75. The number of halogens is 2. The molecule has 1 saturated heterocycles. The van der Waals surface area contributed by atoms with Crippen molar-refractivity contribution < 1.29 is 14.0 Å². The fourth-order valence-corrected chi connectivity index (χ4v) is 2.93. The Bertz CT molecular complexity index is 553. The van der Waals surface area contributed by atoms with Crippen LogP contribution in [0.25, 0.3) is 0 Å². The van der Waals surface area contributed by atoms with Crippen LogP contribution in [0.15, 0.2) is 22.7 Å². The lowest BCUT2D eigenvalue weighted by atomic mass is 9.97. The van der Waals surface area contributed by atoms with E-state index < -0.39 is 11.8 Å². The van der Waals surface area contributed by atoms with Crippen LogP contribution in [-0.2, 0) is 0 Å². The van der Waals surface area contributed by atoms with E-state index in [1.807, 2.05) is 0 Å². The molecular weight excluding hydrogens is 341 g/mol. The lowest BCUT2D eigenvalue weighted by Gasteiger charge is -2.33. The lowest BCUT2D eigenvalue weighted by molar-refractivity contribution is 0.0673. The monoisotopic (exact) mass is 357 g/mol. The first-order valence-corrected chi connectivity index (χ1v) is 7.55. The fourth-order valence-electron chi connectivity index (χ4n) is 2.50. The minimum atomic E-state index is -0.564. The number of carbonyl (C=O) groups excluding carboxylic acids is 2. The van der Waals surface area contributed by atoms with Crippen molar-refractivity contribution in [2.75, 3.05) is 19.6 Å². The van der Waals surface area contributed by atoms with Crippen LogP contribution in [-0.4, -0.2) is 36.5 Å². The molecule has 0 spiro atoms. The summed E-state index contributed by atoms with van der Waals surface area (Å²) in [5, 5.41) is 2.57. The van der Waals surface area contributed by atoms with E-state index in [0.717, 1.165) is 12.8 Å². The van der Waals surface area contributed by atoms with E-state index in [2.05, 4.69) is 21.2 Å². The lowest BCUT2D eigenvalue weighted by Crippen LogP contribution is -2.44. The summed E-state index contributed by atoms with van der Waals surface area (Å²) in [5.74, 6) is -0.488. The molecule has 0 saturated carbocycles. The number of benzene rings is 1. The summed E-state index contributed by atoms with van der Waals surface area (Å²) >= 11 is 3.12. The Balaban J connectivity index is 2.05. The van der Waals surface area contributed by atoms with Crippen molar-refractivity contribution in [3.8, 4) is 0 Å². The van der Waals surface area contributed by atoms with Crippen molar-refractivity contribution in [3.05, 3.63) is 34.1 Å². The standard InChI is InChI=1S/C14H17BrFN3O2/c15-12-10(4-1-5-11(12)16)13(20)19-6-2-3-9(8-19)7-18-14(17)21/h1,4-5,9H,2-3,6-8H2,(H3,17,18,21). The highest BCUT2D eigenvalue weighted by molar-refractivity contribution is 9.10. The Kier molecular flexibility index (Phi) is 5.17. The molecule has 1 unspecified atom stereocenters. The average molecular weight is 358 g/mol. The van der Waals surface area contributed by atoms with E-state index in [9.17, 15) is 14.0 Å². The van der Waals surface area contributed by atoms with Crippen LogP contribution in [0.3, 0.4) is 0 Å². The molecule has 0 radical (unpaired) electrons. The van der Waals surface area contributed by atoms with Gasteiger partial charge in [0.2, 0.25) is 0 Å². The molecule has 1 aromatic carbocycles. The third kappa shape index (κ3) is 3.93. The molecule has 0 aliphatic carbocycles. The van der Waals surface area contributed by atoms with Crippen molar-refractivity contribution in [1.29, 1.82) is 0 Å². The second kappa shape index (κ2) is 6.89. The first kappa shape index (κ1) is 15.8. The Hall–Kier alpha value is -1.63. The zero-order valence-corrected chi connectivity index (χ0v) is 13.0. The molecule has 114 valence electrons. The van der Waals surface area contributed by atoms with Crippen molar-refractivity contribution in [2.24, 2.45) is 11.7 Å². The Labute approximate surface area is 130 Å². The molecule has 2 rings (SSSR count). The molecule has 7 heteroatoms. The van der Waals surface area contributed by atoms with E-state index in [1.165, 1.54) is 12.1 Å². The molecular formula is C14H17BrFN3O2. The van der Waals surface area contributed by atoms with Gasteiger partial charge in [-0.2, -0.15) is 0 Å². The van der Waals surface area contributed by atoms with E-state index in [1.54, 1.807) is 11.0 Å². The van der Waals surface area contributed by atoms with Gasteiger partial charge >= 0.3 is 6.03 Å². The second-order valence-electron chi connectivity index (χ2n) is 5.11. The van der Waals surface area contributed by atoms with Gasteiger partial charge in [-0.1, -0.05) is 6.07 Å². The summed E-state index contributed by atoms with van der Waals surface area (Å²) in [6, 6.07) is 3.85. The highest BCUT2D eigenvalue weighted by Crippen LogP contribution is 2.24. The van der Waals surface area contributed by atoms with Crippen LogP contribution in [0.4, 0.5) is 9.18 Å². The Morgan fingerprint density at radius 3 is 2.95 bits per heavy atom. The maximum Gasteiger partial charge on any atom is 0.312 e. The Morgan fingerprint density at radius 2 is 2.24 bits per heavy atom. The van der Waals surface area contributed by atoms with Gasteiger partial charge in [0.1, 0.15) is 5.82 Å². The number of primary amides is 1. The molecule has 1 atom stereocenters. The summed E-state index contributed by atoms with van der Waals surface area (Å²) in [4.78, 5) is 24.9. The van der Waals surface area contributed by atoms with Crippen LogP contribution in [0, 0.1) is 11.7 Å². The number of hydrogen-bond acceptors (Lipinski definition) is 2. The van der Waals surface area contributed by atoms with Gasteiger partial charge in [-0.05, 0) is 46.8 Å². The zero-order valence-electron chi connectivity index (χ0n) is 11.4. The number of nitrogens with two attached hydrogens (primary N) is 1. The van der Waals surface area contributed by atoms with Gasteiger partial charge < -0.3 is 16.0 Å². The topological polar surface area (TPSA) is 75.4 Å². The van der Waals surface area contributed by atoms with E-state index in [0.29, 0.717) is 25.2 Å². The molecule has 1 aromatic rings. The van der Waals surface area contributed by atoms with Gasteiger partial charge in [0.05, 0.1) is 10.0 Å². The first-order chi connectivity index (χ1) is 9.99. The zero-order chi connectivity index (χ0) is 15.4. The number of carbonyl (C=O) groups is 2. The predicted octanol–water partition coefficient (Wildman–Crippen LogP) is 2.11. The molecule has 1 aliphatic heterocycles. The molecule has 0 aromatic heterocycles. The van der Waals surface area contributed by atoms with Crippen LogP contribution < -0.4 is 11.1 Å². The predicted molar refractivity (Wildman–Crippen MR) is 80.3 cm³/mol. The fraction of sp³-hybridized carbons (Fsp3) is 0.429. The van der Waals surface area contributed by atoms with Gasteiger partial charge in [0, 0.05) is 19.6 Å². The largest absolute Gasteiger partial charge is 0.352 e. The highest BCUT2D eigenvalue weighted by atomic mass is 79.9. The Morgan fingerprint density at radius 1 is 1.48 bits per heavy atom. The van der Waals surface area contributed by atoms with E-state index >= 15 is 0 Å². The van der Waals surface area contributed by atoms with Crippen LogP contribution in [0.2, 0.25) is 0 Å². The smallest absolute Gasteiger partial charge is 0.312 e. The number of piperidine rings is 1. The average Bonchev–Trinajstić information content (AvgIpc) is 2.47. The van der Waals surface area contributed by atoms with Crippen LogP contribution in [0.1, 0.15) is 23.2 Å². The van der Waals surface area contributed by atoms with Gasteiger partial charge in [-0.25, -0.2) is 9.18 Å². The number of nitrogens with one attached hydrogen (secondary N) is 1. The van der Waals surface area contributed by atoms with Crippen LogP contribution >= 0.6 is 15.9 Å². The molecule has 5 nitrogen and oxygen atoms in total. The molecule has 1 heterocycles. The number of amides is 3. The normalized spacial score (nSPS) is 18.4. The molecule has 21 heavy (non-hydrogen) atoms. The third-order valence-electron chi connectivity index (χ3n) is 3.55. The number of rotatable bonds is 3. The van der Waals surface area contributed by atoms with Gasteiger partial charge in [0.25, 0.3) is 5.91 Å². The summed E-state index contributed by atoms with van der Waals surface area (Å²) in [7, 11) is 0. The minimum Gasteiger partial charge on any atom is -0.352 e. The third-order valence-corrected chi connectivity index (χ3v) is 4.36. The summed E-state index contributed by atoms with van der Waals surface area (Å²) in [6.07, 6.45) is 1.78. The van der Waals surface area contributed by atoms with Crippen molar-refractivity contribution >= 4 is 27.9 Å². The number of likely N-dealkylation sites (tertiary alicyclic amines) is 1. The summed E-state index contributed by atoms with van der Waals surface area (Å²) in [5.41, 5.74) is 5.37. The molecule has 0 bridgehead atoms. The van der Waals surface area contributed by atoms with Gasteiger partial charge in [-0.3, -0.25) is 4.79 Å². The highest BCUT2D eigenvalue weighted by Gasteiger charge is 2.26. The number of nitrogens with zero attached hydrogens (tertiary/aromatic N) is 1. The van der Waals surface area contributed by atoms with E-state index in [4.69, 9.17) is 5.73 Å². The molecule has 3 amide bonds. The molecule has 1 aliphatic rings. The van der Waals surface area contributed by atoms with E-state index in [-0.39, 0.29) is 16.3 Å². The number of hydrogen-bond donors (Lipinski definition) is 2. The number of urea groups is 1. The summed E-state index contributed by atoms with van der Waals surface area (Å²) < 4.78 is 13.7. The summed E-state index contributed by atoms with van der Waals surface area (Å²) in [6.45, 7) is 1.61. The minimum absolute atomic E-state index is 0.169. The van der Waals surface area contributed by atoms with Gasteiger partial charge in [0.15, 0.2) is 0 Å². The molecule has 1 fully saturated rings. The molecule has 3 N–H and O–H groups in total. The van der Waals surface area contributed by atoms with Gasteiger partial charge in [-0.15, -0.1) is 0 Å². The maximum atomic E-state index is 13.5. The maximum absolute atomic E-state index is 13.5. The van der Waals surface area contributed by atoms with Crippen molar-refractivity contribution in [1.82, 2.24) is 10.2 Å². The SMILES string of the molecule is NC(=O)NCC1CCCN(C(=O)c2cccc(F)c2Br)C1. The van der Waals surface area contributed by atoms with Crippen molar-refractivity contribution in [3.63, 3.8) is 0 Å². The van der Waals surface area contributed by atoms with Crippen molar-refractivity contribution in [2.45, 2.75) is 12.8 Å². The van der Waals surface area contributed by atoms with Crippen LogP contribution in [0.5, 0.6) is 0 Å². The quantitative estimate of drug-likeness (QED) is 0.869.